The number of carboxylic acids is 1. The SMILES string of the molecule is O=C(O)C1=NOCC1CCCCNc1nccn1C(c1ccccc1)(c1ccccc1)c1ccccc1. The topological polar surface area (TPSA) is 88.7 Å². The zero-order valence-corrected chi connectivity index (χ0v) is 20.5. The number of hydrogen-bond acceptors (Lipinski definition) is 5. The zero-order chi connectivity index (χ0) is 25.5. The molecule has 7 heteroatoms. The Labute approximate surface area is 216 Å². The minimum Gasteiger partial charge on any atom is -0.477 e. The number of hydrogen-bond donors (Lipinski definition) is 2. The molecule has 1 aliphatic heterocycles. The van der Waals surface area contributed by atoms with Crippen LogP contribution in [0.1, 0.15) is 36.0 Å². The van der Waals surface area contributed by atoms with E-state index in [9.17, 15) is 9.90 Å². The predicted molar refractivity (Wildman–Crippen MR) is 144 cm³/mol. The summed E-state index contributed by atoms with van der Waals surface area (Å²) in [6, 6.07) is 31.5. The van der Waals surface area contributed by atoms with E-state index in [1.807, 2.05) is 30.6 Å². The third kappa shape index (κ3) is 4.85. The number of carbonyl (C=O) groups is 1. The van der Waals surface area contributed by atoms with Crippen LogP contribution in [0.15, 0.2) is 109 Å². The monoisotopic (exact) mass is 494 g/mol. The fourth-order valence-corrected chi connectivity index (χ4v) is 5.16. The Kier molecular flexibility index (Phi) is 7.31. The van der Waals surface area contributed by atoms with Gasteiger partial charge in [-0.15, -0.1) is 0 Å². The first-order chi connectivity index (χ1) is 18.2. The van der Waals surface area contributed by atoms with Crippen molar-refractivity contribution in [2.45, 2.75) is 24.8 Å². The van der Waals surface area contributed by atoms with Crippen LogP contribution < -0.4 is 5.32 Å². The Morgan fingerprint density at radius 2 is 1.49 bits per heavy atom. The Bertz CT molecular complexity index is 1240. The average Bonchev–Trinajstić information content (AvgIpc) is 3.61. The van der Waals surface area contributed by atoms with Crippen molar-refractivity contribution in [1.29, 1.82) is 0 Å². The second-order valence-electron chi connectivity index (χ2n) is 9.13. The average molecular weight is 495 g/mol. The first kappa shape index (κ1) is 24.3. The molecular weight excluding hydrogens is 464 g/mol. The van der Waals surface area contributed by atoms with E-state index in [1.165, 1.54) is 0 Å². The lowest BCUT2D eigenvalue weighted by molar-refractivity contribution is -0.129. The molecule has 0 saturated carbocycles. The number of aliphatic carboxylic acids is 1. The number of carboxylic acid groups (broad SMARTS) is 1. The number of anilines is 1. The van der Waals surface area contributed by atoms with E-state index in [4.69, 9.17) is 9.82 Å². The normalized spacial score (nSPS) is 15.1. The number of imidazole rings is 1. The fraction of sp³-hybridized carbons (Fsp3) is 0.233. The first-order valence-corrected chi connectivity index (χ1v) is 12.6. The van der Waals surface area contributed by atoms with Crippen molar-refractivity contribution in [3.63, 3.8) is 0 Å². The molecule has 1 unspecified atom stereocenters. The van der Waals surface area contributed by atoms with Crippen LogP contribution in [0.2, 0.25) is 0 Å². The van der Waals surface area contributed by atoms with Crippen LogP contribution in [0, 0.1) is 5.92 Å². The molecule has 1 aliphatic rings. The van der Waals surface area contributed by atoms with E-state index in [1.54, 1.807) is 0 Å². The largest absolute Gasteiger partial charge is 0.477 e. The van der Waals surface area contributed by atoms with Gasteiger partial charge in [0, 0.05) is 24.9 Å². The summed E-state index contributed by atoms with van der Waals surface area (Å²) >= 11 is 0. The maximum Gasteiger partial charge on any atom is 0.354 e. The maximum atomic E-state index is 11.3. The molecule has 0 spiro atoms. The van der Waals surface area contributed by atoms with Gasteiger partial charge >= 0.3 is 5.97 Å². The highest BCUT2D eigenvalue weighted by Gasteiger charge is 2.39. The smallest absolute Gasteiger partial charge is 0.354 e. The van der Waals surface area contributed by atoms with Gasteiger partial charge in [-0.25, -0.2) is 9.78 Å². The molecule has 0 aliphatic carbocycles. The second-order valence-corrected chi connectivity index (χ2v) is 9.13. The van der Waals surface area contributed by atoms with Gasteiger partial charge in [-0.05, 0) is 29.5 Å². The number of rotatable bonds is 11. The number of benzene rings is 3. The van der Waals surface area contributed by atoms with E-state index in [-0.39, 0.29) is 11.6 Å². The van der Waals surface area contributed by atoms with Crippen LogP contribution in [-0.4, -0.2) is 39.5 Å². The second kappa shape index (κ2) is 11.1. The lowest BCUT2D eigenvalue weighted by Gasteiger charge is -2.38. The molecule has 0 fully saturated rings. The maximum absolute atomic E-state index is 11.3. The van der Waals surface area contributed by atoms with Crippen molar-refractivity contribution >= 4 is 17.6 Å². The third-order valence-electron chi connectivity index (χ3n) is 6.88. The Hall–Kier alpha value is -4.39. The lowest BCUT2D eigenvalue weighted by Crippen LogP contribution is -2.38. The molecule has 5 rings (SSSR count). The van der Waals surface area contributed by atoms with Crippen molar-refractivity contribution in [2.24, 2.45) is 11.1 Å². The summed E-state index contributed by atoms with van der Waals surface area (Å²) in [5, 5.41) is 16.5. The molecule has 0 bridgehead atoms. The van der Waals surface area contributed by atoms with Crippen molar-refractivity contribution < 1.29 is 14.7 Å². The van der Waals surface area contributed by atoms with Gasteiger partial charge in [0.15, 0.2) is 5.71 Å². The Morgan fingerprint density at radius 1 is 0.919 bits per heavy atom. The van der Waals surface area contributed by atoms with Crippen LogP contribution in [0.3, 0.4) is 0 Å². The van der Waals surface area contributed by atoms with Crippen LogP contribution in [0.5, 0.6) is 0 Å². The van der Waals surface area contributed by atoms with E-state index in [2.05, 4.69) is 87.8 Å². The summed E-state index contributed by atoms with van der Waals surface area (Å²) in [4.78, 5) is 21.0. The summed E-state index contributed by atoms with van der Waals surface area (Å²) in [5.74, 6) is -0.378. The Balaban J connectivity index is 1.43. The van der Waals surface area contributed by atoms with Gasteiger partial charge in [0.2, 0.25) is 5.95 Å². The molecule has 188 valence electrons. The predicted octanol–water partition coefficient (Wildman–Crippen LogP) is 5.39. The minimum absolute atomic E-state index is 0.127. The summed E-state index contributed by atoms with van der Waals surface area (Å²) in [5.41, 5.74) is 2.90. The first-order valence-electron chi connectivity index (χ1n) is 12.6. The summed E-state index contributed by atoms with van der Waals surface area (Å²) in [6.45, 7) is 1.05. The highest BCUT2D eigenvalue weighted by molar-refractivity contribution is 6.36. The minimum atomic E-state index is -0.998. The van der Waals surface area contributed by atoms with Crippen LogP contribution in [-0.2, 0) is 15.2 Å². The van der Waals surface area contributed by atoms with Crippen LogP contribution >= 0.6 is 0 Å². The quantitative estimate of drug-likeness (QED) is 0.216. The number of aromatic nitrogens is 2. The summed E-state index contributed by atoms with van der Waals surface area (Å²) < 4.78 is 2.22. The molecule has 0 amide bonds. The molecule has 2 N–H and O–H groups in total. The van der Waals surface area contributed by atoms with Gasteiger partial charge in [-0.1, -0.05) is 103 Å². The molecule has 0 radical (unpaired) electrons. The zero-order valence-electron chi connectivity index (χ0n) is 20.5. The summed E-state index contributed by atoms with van der Waals surface area (Å²) in [6.07, 6.45) is 6.31. The fourth-order valence-electron chi connectivity index (χ4n) is 5.16. The number of oxime groups is 1. The molecule has 2 heterocycles. The highest BCUT2D eigenvalue weighted by atomic mass is 16.6. The molecule has 1 aromatic heterocycles. The number of nitrogens with zero attached hydrogens (tertiary/aromatic N) is 3. The molecule has 4 aromatic rings. The van der Waals surface area contributed by atoms with E-state index in [0.29, 0.717) is 13.2 Å². The lowest BCUT2D eigenvalue weighted by atomic mass is 9.76. The molecule has 7 nitrogen and oxygen atoms in total. The number of nitrogens with one attached hydrogen (secondary N) is 1. The van der Waals surface area contributed by atoms with Gasteiger partial charge in [-0.2, -0.15) is 0 Å². The van der Waals surface area contributed by atoms with Gasteiger partial charge < -0.3 is 15.3 Å². The van der Waals surface area contributed by atoms with Crippen molar-refractivity contribution in [2.75, 3.05) is 18.5 Å². The Morgan fingerprint density at radius 3 is 2.03 bits per heavy atom. The van der Waals surface area contributed by atoms with Gasteiger partial charge in [0.05, 0.1) is 0 Å². The van der Waals surface area contributed by atoms with Crippen molar-refractivity contribution in [3.8, 4) is 0 Å². The molecule has 37 heavy (non-hydrogen) atoms. The molecular formula is C30H30N4O3. The van der Waals surface area contributed by atoms with Crippen molar-refractivity contribution in [3.05, 3.63) is 120 Å². The van der Waals surface area contributed by atoms with Crippen LogP contribution in [0.4, 0.5) is 5.95 Å². The summed E-state index contributed by atoms with van der Waals surface area (Å²) in [7, 11) is 0. The van der Waals surface area contributed by atoms with Crippen molar-refractivity contribution in [1.82, 2.24) is 9.55 Å². The molecule has 3 aromatic carbocycles. The standard InChI is InChI=1S/C30H30N4O3/c35-28(36)27-23(22-37-33-27)12-10-11-19-31-29-32-20-21-34(29)30(24-13-4-1-5-14-24,25-15-6-2-7-16-25)26-17-8-3-9-18-26/h1-9,13-18,20-21,23H,10-12,19,22H2,(H,31,32)(H,35,36). The molecule has 0 saturated heterocycles. The van der Waals surface area contributed by atoms with Gasteiger partial charge in [0.1, 0.15) is 12.1 Å². The third-order valence-corrected chi connectivity index (χ3v) is 6.88. The van der Waals surface area contributed by atoms with Gasteiger partial charge in [-0.3, -0.25) is 4.57 Å². The highest BCUT2D eigenvalue weighted by Crippen LogP contribution is 2.42. The van der Waals surface area contributed by atoms with Crippen LogP contribution in [0.25, 0.3) is 0 Å². The number of unbranched alkanes of at least 4 members (excludes halogenated alkanes) is 1. The van der Waals surface area contributed by atoms with E-state index >= 15 is 0 Å². The molecule has 1 atom stereocenters. The van der Waals surface area contributed by atoms with E-state index in [0.717, 1.165) is 41.9 Å². The van der Waals surface area contributed by atoms with Gasteiger partial charge in [0.25, 0.3) is 0 Å². The van der Waals surface area contributed by atoms with E-state index < -0.39 is 11.5 Å².